The number of allylic oxidation sites excluding steroid dienone is 8. The number of hydrogen-bond acceptors (Lipinski definition) is 0. The first-order valence-electron chi connectivity index (χ1n) is 8.11. The van der Waals surface area contributed by atoms with Gasteiger partial charge in [-0.1, -0.05) is 88.1 Å². The average molecular weight is 274 g/mol. The maximum absolute atomic E-state index is 2.32. The molecule has 0 saturated heterocycles. The van der Waals surface area contributed by atoms with Crippen LogP contribution in [0.4, 0.5) is 0 Å². The molecule has 0 bridgehead atoms. The van der Waals surface area contributed by atoms with Gasteiger partial charge in [0.2, 0.25) is 0 Å². The SMILES string of the molecule is CC/C(=C\C=C(/C)C/C=C(C)\C=C/C(C)CC)C(C)C. The van der Waals surface area contributed by atoms with Crippen LogP contribution in [0.25, 0.3) is 0 Å². The smallest absolute Gasteiger partial charge is 0.0133 e. The molecule has 114 valence electrons. The molecule has 0 radical (unpaired) electrons. The molecule has 0 aromatic heterocycles. The molecular weight excluding hydrogens is 240 g/mol. The Bertz CT molecular complexity index is 375. The summed E-state index contributed by atoms with van der Waals surface area (Å²) in [4.78, 5) is 0. The van der Waals surface area contributed by atoms with Crippen LogP contribution in [0.15, 0.2) is 47.1 Å². The molecule has 0 aliphatic heterocycles. The van der Waals surface area contributed by atoms with Crippen molar-refractivity contribution in [1.29, 1.82) is 0 Å². The predicted molar refractivity (Wildman–Crippen MR) is 93.9 cm³/mol. The standard InChI is InChI=1S/C20H34/c1-8-17(5)10-11-18(6)12-13-19(7)14-15-20(9-2)16(3)4/h10-12,14-17H,8-9,13H2,1-7H3/b11-10-,18-12-,19-14+,20-15+. The molecule has 0 nitrogen and oxygen atoms in total. The van der Waals surface area contributed by atoms with Crippen LogP contribution in [-0.4, -0.2) is 0 Å². The van der Waals surface area contributed by atoms with Gasteiger partial charge in [0.25, 0.3) is 0 Å². The van der Waals surface area contributed by atoms with Gasteiger partial charge in [-0.05, 0) is 38.5 Å². The fraction of sp³-hybridized carbons (Fsp3) is 0.600. The van der Waals surface area contributed by atoms with E-state index in [0.717, 1.165) is 12.8 Å². The van der Waals surface area contributed by atoms with Crippen molar-refractivity contribution in [2.24, 2.45) is 11.8 Å². The van der Waals surface area contributed by atoms with Crippen molar-refractivity contribution in [3.05, 3.63) is 47.1 Å². The van der Waals surface area contributed by atoms with Gasteiger partial charge < -0.3 is 0 Å². The zero-order chi connectivity index (χ0) is 15.5. The molecule has 0 fully saturated rings. The van der Waals surface area contributed by atoms with Gasteiger partial charge in [0.05, 0.1) is 0 Å². The largest absolute Gasteiger partial charge is 0.0815 e. The lowest BCUT2D eigenvalue weighted by atomic mass is 9.99. The Morgan fingerprint density at radius 1 is 1.00 bits per heavy atom. The summed E-state index contributed by atoms with van der Waals surface area (Å²) in [5.41, 5.74) is 4.32. The van der Waals surface area contributed by atoms with E-state index in [-0.39, 0.29) is 0 Å². The first-order chi connectivity index (χ1) is 9.40. The quantitative estimate of drug-likeness (QED) is 0.424. The Balaban J connectivity index is 4.53. The van der Waals surface area contributed by atoms with Crippen LogP contribution in [0, 0.1) is 11.8 Å². The third-order valence-corrected chi connectivity index (χ3v) is 3.81. The van der Waals surface area contributed by atoms with E-state index in [0.29, 0.717) is 11.8 Å². The monoisotopic (exact) mass is 274 g/mol. The third-order valence-electron chi connectivity index (χ3n) is 3.81. The number of rotatable bonds is 8. The van der Waals surface area contributed by atoms with Crippen LogP contribution in [0.5, 0.6) is 0 Å². The lowest BCUT2D eigenvalue weighted by Gasteiger charge is -2.07. The topological polar surface area (TPSA) is 0 Å². The van der Waals surface area contributed by atoms with Crippen LogP contribution in [-0.2, 0) is 0 Å². The first-order valence-corrected chi connectivity index (χ1v) is 8.11. The van der Waals surface area contributed by atoms with Gasteiger partial charge in [-0.25, -0.2) is 0 Å². The van der Waals surface area contributed by atoms with Crippen molar-refractivity contribution in [3.8, 4) is 0 Å². The van der Waals surface area contributed by atoms with Gasteiger partial charge in [0.1, 0.15) is 0 Å². The maximum atomic E-state index is 2.32. The van der Waals surface area contributed by atoms with Crippen LogP contribution in [0.3, 0.4) is 0 Å². The minimum atomic E-state index is 0.653. The van der Waals surface area contributed by atoms with E-state index in [1.165, 1.54) is 23.1 Å². The molecule has 0 aromatic rings. The number of hydrogen-bond donors (Lipinski definition) is 0. The van der Waals surface area contributed by atoms with Crippen LogP contribution in [0.1, 0.15) is 67.7 Å². The summed E-state index contributed by atoms with van der Waals surface area (Å²) in [5, 5.41) is 0. The highest BCUT2D eigenvalue weighted by Gasteiger charge is 1.98. The molecule has 0 rings (SSSR count). The summed E-state index contributed by atoms with van der Waals surface area (Å²) >= 11 is 0. The summed E-state index contributed by atoms with van der Waals surface area (Å²) in [6, 6.07) is 0. The molecule has 20 heavy (non-hydrogen) atoms. The summed E-state index contributed by atoms with van der Waals surface area (Å²) in [6.45, 7) is 15.7. The van der Waals surface area contributed by atoms with Crippen molar-refractivity contribution in [1.82, 2.24) is 0 Å². The third kappa shape index (κ3) is 8.96. The summed E-state index contributed by atoms with van der Waals surface area (Å²) in [7, 11) is 0. The van der Waals surface area contributed by atoms with Crippen molar-refractivity contribution >= 4 is 0 Å². The molecule has 0 heteroatoms. The highest BCUT2D eigenvalue weighted by molar-refractivity contribution is 5.23. The Morgan fingerprint density at radius 2 is 1.65 bits per heavy atom. The minimum absolute atomic E-state index is 0.653. The van der Waals surface area contributed by atoms with Gasteiger partial charge >= 0.3 is 0 Å². The molecule has 0 saturated carbocycles. The van der Waals surface area contributed by atoms with Crippen LogP contribution in [0.2, 0.25) is 0 Å². The molecule has 0 heterocycles. The van der Waals surface area contributed by atoms with Crippen molar-refractivity contribution in [2.45, 2.75) is 67.7 Å². The van der Waals surface area contributed by atoms with Gasteiger partial charge in [-0.2, -0.15) is 0 Å². The van der Waals surface area contributed by atoms with E-state index in [9.17, 15) is 0 Å². The molecule has 1 unspecified atom stereocenters. The predicted octanol–water partition coefficient (Wildman–Crippen LogP) is 6.86. The second-order valence-electron chi connectivity index (χ2n) is 6.16. The van der Waals surface area contributed by atoms with Crippen molar-refractivity contribution in [3.63, 3.8) is 0 Å². The van der Waals surface area contributed by atoms with E-state index in [1.807, 2.05) is 0 Å². The lowest BCUT2D eigenvalue weighted by Crippen LogP contribution is -1.91. The molecular formula is C20H34. The molecule has 0 aliphatic rings. The average Bonchev–Trinajstić information content (AvgIpc) is 2.42. The van der Waals surface area contributed by atoms with Gasteiger partial charge in [0.15, 0.2) is 0 Å². The van der Waals surface area contributed by atoms with Crippen molar-refractivity contribution < 1.29 is 0 Å². The second-order valence-corrected chi connectivity index (χ2v) is 6.16. The summed E-state index contributed by atoms with van der Waals surface area (Å²) < 4.78 is 0. The zero-order valence-corrected chi connectivity index (χ0v) is 14.7. The Labute approximate surface area is 127 Å². The molecule has 0 spiro atoms. The van der Waals surface area contributed by atoms with E-state index in [1.54, 1.807) is 0 Å². The Kier molecular flexibility index (Phi) is 10.2. The van der Waals surface area contributed by atoms with E-state index in [4.69, 9.17) is 0 Å². The Morgan fingerprint density at radius 3 is 2.15 bits per heavy atom. The molecule has 0 N–H and O–H groups in total. The summed E-state index contributed by atoms with van der Waals surface area (Å²) in [6.07, 6.45) is 14.9. The van der Waals surface area contributed by atoms with Gasteiger partial charge in [0, 0.05) is 0 Å². The van der Waals surface area contributed by atoms with E-state index in [2.05, 4.69) is 78.8 Å². The second kappa shape index (κ2) is 10.7. The van der Waals surface area contributed by atoms with E-state index < -0.39 is 0 Å². The molecule has 0 amide bonds. The van der Waals surface area contributed by atoms with Crippen LogP contribution >= 0.6 is 0 Å². The lowest BCUT2D eigenvalue weighted by molar-refractivity contribution is 0.698. The first kappa shape index (κ1) is 19.0. The highest BCUT2D eigenvalue weighted by atomic mass is 14.0. The maximum Gasteiger partial charge on any atom is -0.0133 e. The zero-order valence-electron chi connectivity index (χ0n) is 14.7. The minimum Gasteiger partial charge on any atom is -0.0815 e. The fourth-order valence-corrected chi connectivity index (χ4v) is 1.88. The normalized spacial score (nSPS) is 16.3. The van der Waals surface area contributed by atoms with E-state index >= 15 is 0 Å². The van der Waals surface area contributed by atoms with Crippen molar-refractivity contribution in [2.75, 3.05) is 0 Å². The molecule has 1 atom stereocenters. The fourth-order valence-electron chi connectivity index (χ4n) is 1.88. The Hall–Kier alpha value is -1.04. The molecule has 0 aromatic carbocycles. The van der Waals surface area contributed by atoms with Gasteiger partial charge in [-0.15, -0.1) is 0 Å². The molecule has 0 aliphatic carbocycles. The highest BCUT2D eigenvalue weighted by Crippen LogP contribution is 2.15. The van der Waals surface area contributed by atoms with Crippen LogP contribution < -0.4 is 0 Å². The summed E-state index contributed by atoms with van der Waals surface area (Å²) in [5.74, 6) is 1.33. The van der Waals surface area contributed by atoms with Gasteiger partial charge in [-0.3, -0.25) is 0 Å².